The number of nitrogens with one attached hydrogen (secondary N) is 2. The maximum atomic E-state index is 4.40. The summed E-state index contributed by atoms with van der Waals surface area (Å²) in [6.07, 6.45) is 4.99. The molecule has 1 saturated heterocycles. The van der Waals surface area contributed by atoms with E-state index in [9.17, 15) is 0 Å². The minimum atomic E-state index is 0.319. The van der Waals surface area contributed by atoms with Crippen molar-refractivity contribution in [2.45, 2.75) is 38.0 Å². The largest absolute Gasteiger partial charge is 0.356 e. The molecule has 3 rings (SSSR count). The van der Waals surface area contributed by atoms with Crippen LogP contribution in [0, 0.1) is 0 Å². The van der Waals surface area contributed by atoms with Crippen LogP contribution in [0.3, 0.4) is 0 Å². The van der Waals surface area contributed by atoms with Crippen molar-refractivity contribution in [3.63, 3.8) is 0 Å². The van der Waals surface area contributed by atoms with Gasteiger partial charge in [-0.1, -0.05) is 37.3 Å². The molecule has 0 bridgehead atoms. The van der Waals surface area contributed by atoms with Crippen molar-refractivity contribution < 1.29 is 0 Å². The molecule has 1 aromatic carbocycles. The molecule has 1 aliphatic heterocycles. The van der Waals surface area contributed by atoms with Crippen LogP contribution in [0.5, 0.6) is 0 Å². The fourth-order valence-corrected chi connectivity index (χ4v) is 3.98. The van der Waals surface area contributed by atoms with Crippen LogP contribution in [0.1, 0.15) is 38.2 Å². The van der Waals surface area contributed by atoms with Gasteiger partial charge in [0, 0.05) is 51.7 Å². The van der Waals surface area contributed by atoms with Gasteiger partial charge < -0.3 is 20.4 Å². The highest BCUT2D eigenvalue weighted by Gasteiger charge is 2.43. The van der Waals surface area contributed by atoms with E-state index in [0.29, 0.717) is 5.41 Å². The number of rotatable bonds is 9. The highest BCUT2D eigenvalue weighted by Crippen LogP contribution is 2.47. The lowest BCUT2D eigenvalue weighted by Gasteiger charge is -2.34. The van der Waals surface area contributed by atoms with Gasteiger partial charge in [-0.3, -0.25) is 4.99 Å². The van der Waals surface area contributed by atoms with Gasteiger partial charge in [-0.2, -0.15) is 0 Å². The zero-order chi connectivity index (χ0) is 19.0. The molecule has 1 saturated carbocycles. The predicted octanol–water partition coefficient (Wildman–Crippen LogP) is 2.30. The molecule has 2 N–H and O–H groups in total. The summed E-state index contributed by atoms with van der Waals surface area (Å²) >= 11 is 0. The summed E-state index contributed by atoms with van der Waals surface area (Å²) in [5, 5.41) is 7.03. The Morgan fingerprint density at radius 2 is 1.70 bits per heavy atom. The lowest BCUT2D eigenvalue weighted by atomic mass is 9.96. The van der Waals surface area contributed by atoms with E-state index < -0.39 is 0 Å². The van der Waals surface area contributed by atoms with Crippen LogP contribution in [-0.4, -0.2) is 75.2 Å². The fourth-order valence-electron chi connectivity index (χ4n) is 3.98. The summed E-state index contributed by atoms with van der Waals surface area (Å²) in [4.78, 5) is 9.54. The number of likely N-dealkylation sites (N-methyl/N-ethyl adjacent to an activating group) is 1. The summed E-state index contributed by atoms with van der Waals surface area (Å²) < 4.78 is 0. The molecular weight excluding hydrogens is 334 g/mol. The minimum Gasteiger partial charge on any atom is -0.356 e. The zero-order valence-electron chi connectivity index (χ0n) is 17.2. The third-order valence-corrected chi connectivity index (χ3v) is 6.16. The van der Waals surface area contributed by atoms with Crippen LogP contribution in [-0.2, 0) is 5.41 Å². The maximum Gasteiger partial charge on any atom is 0.191 e. The number of aliphatic imine (C=N–C) groups is 1. The molecule has 0 amide bonds. The Labute approximate surface area is 165 Å². The topological polar surface area (TPSA) is 42.9 Å². The van der Waals surface area contributed by atoms with Crippen LogP contribution in [0.4, 0.5) is 0 Å². The average Bonchev–Trinajstić information content (AvgIpc) is 3.52. The van der Waals surface area contributed by atoms with Crippen molar-refractivity contribution in [2.24, 2.45) is 4.99 Å². The zero-order valence-corrected chi connectivity index (χ0v) is 17.2. The van der Waals surface area contributed by atoms with Gasteiger partial charge in [0.25, 0.3) is 0 Å². The van der Waals surface area contributed by atoms with Crippen LogP contribution < -0.4 is 10.6 Å². The second kappa shape index (κ2) is 10.1. The maximum absolute atomic E-state index is 4.40. The van der Waals surface area contributed by atoms with Crippen LogP contribution in [0.15, 0.2) is 35.3 Å². The molecule has 5 nitrogen and oxygen atoms in total. The normalized spacial score (nSPS) is 20.4. The third kappa shape index (κ3) is 5.94. The number of hydrogen-bond donors (Lipinski definition) is 2. The Hall–Kier alpha value is -1.59. The summed E-state index contributed by atoms with van der Waals surface area (Å²) in [5.41, 5.74) is 1.77. The smallest absolute Gasteiger partial charge is 0.191 e. The molecule has 27 heavy (non-hydrogen) atoms. The van der Waals surface area contributed by atoms with Crippen LogP contribution in [0.2, 0.25) is 0 Å². The second-order valence-electron chi connectivity index (χ2n) is 7.98. The highest BCUT2D eigenvalue weighted by atomic mass is 15.3. The number of piperazine rings is 1. The minimum absolute atomic E-state index is 0.319. The lowest BCUT2D eigenvalue weighted by Crippen LogP contribution is -2.46. The quantitative estimate of drug-likeness (QED) is 0.397. The van der Waals surface area contributed by atoms with Gasteiger partial charge in [-0.05, 0) is 44.3 Å². The van der Waals surface area contributed by atoms with Gasteiger partial charge in [0.15, 0.2) is 5.96 Å². The van der Waals surface area contributed by atoms with E-state index in [0.717, 1.165) is 19.0 Å². The van der Waals surface area contributed by atoms with Crippen LogP contribution in [0.25, 0.3) is 0 Å². The predicted molar refractivity (Wildman–Crippen MR) is 115 cm³/mol. The Bertz CT molecular complexity index is 574. The first-order valence-corrected chi connectivity index (χ1v) is 10.7. The Morgan fingerprint density at radius 1 is 1.00 bits per heavy atom. The second-order valence-corrected chi connectivity index (χ2v) is 7.98. The number of unbranched alkanes of at least 4 members (excludes halogenated alkanes) is 1. The van der Waals surface area contributed by atoms with Crippen molar-refractivity contribution in [1.29, 1.82) is 0 Å². The number of guanidine groups is 1. The molecule has 2 aliphatic rings. The van der Waals surface area contributed by atoms with Gasteiger partial charge in [0.05, 0.1) is 0 Å². The Morgan fingerprint density at radius 3 is 2.33 bits per heavy atom. The van der Waals surface area contributed by atoms with Crippen molar-refractivity contribution in [3.8, 4) is 0 Å². The Kier molecular flexibility index (Phi) is 7.53. The molecule has 1 aliphatic carbocycles. The van der Waals surface area contributed by atoms with Gasteiger partial charge in [-0.15, -0.1) is 0 Å². The van der Waals surface area contributed by atoms with E-state index in [4.69, 9.17) is 0 Å². The van der Waals surface area contributed by atoms with Gasteiger partial charge in [0.2, 0.25) is 0 Å². The number of hydrogen-bond acceptors (Lipinski definition) is 3. The molecule has 5 heteroatoms. The molecule has 1 aromatic rings. The molecule has 0 atom stereocenters. The van der Waals surface area contributed by atoms with E-state index >= 15 is 0 Å². The highest BCUT2D eigenvalue weighted by molar-refractivity contribution is 5.79. The molecular formula is C22H37N5. The van der Waals surface area contributed by atoms with Crippen molar-refractivity contribution in [2.75, 3.05) is 59.4 Å². The fraction of sp³-hybridized carbons (Fsp3) is 0.682. The first kappa shape index (κ1) is 20.2. The molecule has 0 spiro atoms. The van der Waals surface area contributed by atoms with Gasteiger partial charge in [0.1, 0.15) is 0 Å². The Balaban J connectivity index is 1.29. The summed E-state index contributed by atoms with van der Waals surface area (Å²) in [6, 6.07) is 10.9. The van der Waals surface area contributed by atoms with E-state index in [1.165, 1.54) is 70.5 Å². The monoisotopic (exact) mass is 371 g/mol. The SMILES string of the molecule is CCN1CCN(CCCCNC(=NC)NCC2(c3ccccc3)CC2)CC1. The van der Waals surface area contributed by atoms with Gasteiger partial charge >= 0.3 is 0 Å². The molecule has 2 fully saturated rings. The van der Waals surface area contributed by atoms with E-state index in [-0.39, 0.29) is 0 Å². The van der Waals surface area contributed by atoms with Crippen LogP contribution >= 0.6 is 0 Å². The molecule has 1 heterocycles. The first-order chi connectivity index (χ1) is 13.3. The molecule has 150 valence electrons. The van der Waals surface area contributed by atoms with Crippen molar-refractivity contribution >= 4 is 5.96 Å². The summed E-state index contributed by atoms with van der Waals surface area (Å²) in [5.74, 6) is 0.939. The lowest BCUT2D eigenvalue weighted by molar-refractivity contribution is 0.136. The number of benzene rings is 1. The number of nitrogens with zero attached hydrogens (tertiary/aromatic N) is 3. The standard InChI is InChI=1S/C22H37N5/c1-3-26-15-17-27(18-16-26)14-8-7-13-24-21(23-2)25-19-22(11-12-22)20-9-5-4-6-10-20/h4-6,9-10H,3,7-8,11-19H2,1-2H3,(H2,23,24,25). The van der Waals surface area contributed by atoms with Crippen molar-refractivity contribution in [3.05, 3.63) is 35.9 Å². The van der Waals surface area contributed by atoms with E-state index in [2.05, 4.69) is 62.7 Å². The summed E-state index contributed by atoms with van der Waals surface area (Å²) in [6.45, 7) is 11.6. The van der Waals surface area contributed by atoms with E-state index in [1.807, 2.05) is 7.05 Å². The molecule has 0 aromatic heterocycles. The summed E-state index contributed by atoms with van der Waals surface area (Å²) in [7, 11) is 1.87. The molecule has 0 radical (unpaired) electrons. The third-order valence-electron chi connectivity index (χ3n) is 6.16. The molecule has 0 unspecified atom stereocenters. The first-order valence-electron chi connectivity index (χ1n) is 10.7. The average molecular weight is 372 g/mol. The van der Waals surface area contributed by atoms with Gasteiger partial charge in [-0.25, -0.2) is 0 Å². The van der Waals surface area contributed by atoms with E-state index in [1.54, 1.807) is 0 Å². The van der Waals surface area contributed by atoms with Crippen molar-refractivity contribution in [1.82, 2.24) is 20.4 Å².